The molecule has 0 spiro atoms. The van der Waals surface area contributed by atoms with Crippen LogP contribution in [0.5, 0.6) is 5.88 Å². The zero-order valence-electron chi connectivity index (χ0n) is 10.9. The molecule has 3 rings (SSSR count). The van der Waals surface area contributed by atoms with E-state index in [4.69, 9.17) is 20.8 Å². The van der Waals surface area contributed by atoms with E-state index in [-0.39, 0.29) is 0 Å². The summed E-state index contributed by atoms with van der Waals surface area (Å²) >= 11 is 5.85. The quantitative estimate of drug-likeness (QED) is 0.675. The van der Waals surface area contributed by atoms with Gasteiger partial charge in [-0.15, -0.1) is 11.6 Å². The van der Waals surface area contributed by atoms with Gasteiger partial charge < -0.3 is 13.7 Å². The van der Waals surface area contributed by atoms with Crippen LogP contribution < -0.4 is 4.74 Å². The Labute approximate surface area is 120 Å². The van der Waals surface area contributed by atoms with Crippen molar-refractivity contribution in [2.75, 3.05) is 13.0 Å². The topological polar surface area (TPSA) is 66.0 Å². The summed E-state index contributed by atoms with van der Waals surface area (Å²) in [7, 11) is 1.57. The summed E-state index contributed by atoms with van der Waals surface area (Å²) in [6.07, 6.45) is 5.47. The lowest BCUT2D eigenvalue weighted by Gasteiger charge is -2.05. The van der Waals surface area contributed by atoms with Gasteiger partial charge in [0.25, 0.3) is 0 Å². The molecule has 0 saturated carbocycles. The van der Waals surface area contributed by atoms with E-state index >= 15 is 0 Å². The van der Waals surface area contributed by atoms with Gasteiger partial charge in [0.05, 0.1) is 26.2 Å². The van der Waals surface area contributed by atoms with Crippen molar-refractivity contribution in [3.63, 3.8) is 0 Å². The Balaban J connectivity index is 2.13. The van der Waals surface area contributed by atoms with Crippen molar-refractivity contribution in [2.45, 2.75) is 13.0 Å². The first-order valence-electron chi connectivity index (χ1n) is 6.14. The van der Waals surface area contributed by atoms with Gasteiger partial charge >= 0.3 is 0 Å². The minimum atomic E-state index is 0.469. The lowest BCUT2D eigenvalue weighted by molar-refractivity contribution is 0.401. The molecule has 0 N–H and O–H groups in total. The minimum absolute atomic E-state index is 0.469. The van der Waals surface area contributed by atoms with E-state index in [1.165, 1.54) is 6.33 Å². The summed E-state index contributed by atoms with van der Waals surface area (Å²) in [5.41, 5.74) is 2.43. The third kappa shape index (κ3) is 2.22. The van der Waals surface area contributed by atoms with E-state index in [1.807, 2.05) is 10.6 Å². The minimum Gasteiger partial charge on any atom is -0.479 e. The van der Waals surface area contributed by atoms with Gasteiger partial charge in [0.1, 0.15) is 12.2 Å². The molecule has 0 aliphatic carbocycles. The Morgan fingerprint density at radius 3 is 3.00 bits per heavy atom. The van der Waals surface area contributed by atoms with E-state index in [9.17, 15) is 0 Å². The molecule has 0 aromatic carbocycles. The molecule has 104 valence electrons. The fourth-order valence-electron chi connectivity index (χ4n) is 2.12. The molecule has 0 fully saturated rings. The Bertz CT molecular complexity index is 709. The molecule has 0 amide bonds. The maximum atomic E-state index is 5.85. The molecule has 0 radical (unpaired) electrons. The van der Waals surface area contributed by atoms with Gasteiger partial charge in [-0.25, -0.2) is 9.97 Å². The van der Waals surface area contributed by atoms with Crippen LogP contribution in [0.4, 0.5) is 0 Å². The average Bonchev–Trinajstić information content (AvgIpc) is 3.08. The van der Waals surface area contributed by atoms with Crippen molar-refractivity contribution in [1.82, 2.24) is 19.5 Å². The molecule has 0 aliphatic heterocycles. The largest absolute Gasteiger partial charge is 0.479 e. The second-order valence-corrected chi connectivity index (χ2v) is 4.62. The van der Waals surface area contributed by atoms with Crippen molar-refractivity contribution in [2.24, 2.45) is 0 Å². The van der Waals surface area contributed by atoms with Crippen LogP contribution in [0.15, 0.2) is 29.3 Å². The highest BCUT2D eigenvalue weighted by molar-refractivity contribution is 6.17. The van der Waals surface area contributed by atoms with Gasteiger partial charge in [-0.3, -0.25) is 0 Å². The first kappa shape index (κ1) is 12.9. The standard InChI is InChI=1S/C13H13ClN4O2/c1-19-13-11-12(15-8-16-13)18(10(17-11)2-4-14)6-9-3-5-20-7-9/h3,5,7-8H,2,4,6H2,1H3. The van der Waals surface area contributed by atoms with Crippen molar-refractivity contribution < 1.29 is 9.15 Å². The number of methoxy groups -OCH3 is 1. The monoisotopic (exact) mass is 292 g/mol. The Hall–Kier alpha value is -2.08. The number of ether oxygens (including phenoxy) is 1. The second kappa shape index (κ2) is 5.50. The molecule has 0 aliphatic rings. The maximum Gasteiger partial charge on any atom is 0.245 e. The zero-order valence-corrected chi connectivity index (χ0v) is 11.7. The second-order valence-electron chi connectivity index (χ2n) is 4.24. The lowest BCUT2D eigenvalue weighted by Crippen LogP contribution is -2.06. The molecule has 7 heteroatoms. The number of imidazole rings is 1. The van der Waals surface area contributed by atoms with Crippen molar-refractivity contribution in [1.29, 1.82) is 0 Å². The van der Waals surface area contributed by atoms with Crippen LogP contribution >= 0.6 is 11.6 Å². The summed E-state index contributed by atoms with van der Waals surface area (Å²) in [6.45, 7) is 0.624. The summed E-state index contributed by atoms with van der Waals surface area (Å²) in [5, 5.41) is 0. The summed E-state index contributed by atoms with van der Waals surface area (Å²) in [4.78, 5) is 12.9. The predicted molar refractivity (Wildman–Crippen MR) is 74.1 cm³/mol. The zero-order chi connectivity index (χ0) is 13.9. The molecular weight excluding hydrogens is 280 g/mol. The number of halogens is 1. The van der Waals surface area contributed by atoms with E-state index in [2.05, 4.69) is 15.0 Å². The third-order valence-corrected chi connectivity index (χ3v) is 3.20. The highest BCUT2D eigenvalue weighted by Crippen LogP contribution is 2.23. The molecule has 6 nitrogen and oxygen atoms in total. The van der Waals surface area contributed by atoms with Crippen LogP contribution in [0.25, 0.3) is 11.2 Å². The maximum absolute atomic E-state index is 5.85. The van der Waals surface area contributed by atoms with Gasteiger partial charge in [0.2, 0.25) is 5.88 Å². The number of hydrogen-bond donors (Lipinski definition) is 0. The van der Waals surface area contributed by atoms with Crippen LogP contribution in [0, 0.1) is 0 Å². The van der Waals surface area contributed by atoms with Crippen LogP contribution in [-0.4, -0.2) is 32.5 Å². The number of fused-ring (bicyclic) bond motifs is 1. The average molecular weight is 293 g/mol. The number of nitrogens with zero attached hydrogens (tertiary/aromatic N) is 4. The molecule has 3 aromatic rings. The number of aromatic nitrogens is 4. The molecule has 0 bridgehead atoms. The van der Waals surface area contributed by atoms with Gasteiger partial charge in [0, 0.05) is 17.9 Å². The van der Waals surface area contributed by atoms with E-state index in [0.29, 0.717) is 30.2 Å². The number of furan rings is 1. The van der Waals surface area contributed by atoms with Gasteiger partial charge in [-0.2, -0.15) is 4.98 Å². The number of rotatable bonds is 5. The normalized spacial score (nSPS) is 11.1. The van der Waals surface area contributed by atoms with E-state index in [0.717, 1.165) is 17.0 Å². The van der Waals surface area contributed by atoms with E-state index in [1.54, 1.807) is 19.6 Å². The third-order valence-electron chi connectivity index (χ3n) is 3.01. The first-order valence-corrected chi connectivity index (χ1v) is 6.68. The van der Waals surface area contributed by atoms with Crippen LogP contribution in [0.3, 0.4) is 0 Å². The fourth-order valence-corrected chi connectivity index (χ4v) is 2.29. The molecule has 3 heterocycles. The Morgan fingerprint density at radius 1 is 1.40 bits per heavy atom. The Morgan fingerprint density at radius 2 is 2.30 bits per heavy atom. The molecule has 0 atom stereocenters. The summed E-state index contributed by atoms with van der Waals surface area (Å²) in [5.74, 6) is 1.82. The molecular formula is C13H13ClN4O2. The van der Waals surface area contributed by atoms with Crippen LogP contribution in [0.2, 0.25) is 0 Å². The summed E-state index contributed by atoms with van der Waals surface area (Å²) in [6, 6.07) is 1.91. The fraction of sp³-hybridized carbons (Fsp3) is 0.308. The molecule has 3 aromatic heterocycles. The molecule has 0 unspecified atom stereocenters. The van der Waals surface area contributed by atoms with Crippen molar-refractivity contribution in [3.8, 4) is 5.88 Å². The van der Waals surface area contributed by atoms with Gasteiger partial charge in [-0.05, 0) is 6.07 Å². The van der Waals surface area contributed by atoms with Gasteiger partial charge in [-0.1, -0.05) is 0 Å². The molecule has 20 heavy (non-hydrogen) atoms. The highest BCUT2D eigenvalue weighted by atomic mass is 35.5. The predicted octanol–water partition coefficient (Wildman–Crippen LogP) is 2.26. The lowest BCUT2D eigenvalue weighted by atomic mass is 10.3. The first-order chi connectivity index (χ1) is 9.83. The van der Waals surface area contributed by atoms with E-state index < -0.39 is 0 Å². The number of hydrogen-bond acceptors (Lipinski definition) is 5. The summed E-state index contributed by atoms with van der Waals surface area (Å²) < 4.78 is 12.3. The van der Waals surface area contributed by atoms with Gasteiger partial charge in [0.15, 0.2) is 11.2 Å². The molecule has 0 saturated heterocycles. The number of alkyl halides is 1. The van der Waals surface area contributed by atoms with Crippen molar-refractivity contribution in [3.05, 3.63) is 36.3 Å². The van der Waals surface area contributed by atoms with Crippen molar-refractivity contribution >= 4 is 22.8 Å². The Kier molecular flexibility index (Phi) is 3.56. The highest BCUT2D eigenvalue weighted by Gasteiger charge is 2.16. The SMILES string of the molecule is COc1ncnc2c1nc(CCCl)n2Cc1ccoc1. The smallest absolute Gasteiger partial charge is 0.245 e. The number of aryl methyl sites for hydroxylation is 1. The van der Waals surface area contributed by atoms with Crippen LogP contribution in [-0.2, 0) is 13.0 Å². The van der Waals surface area contributed by atoms with Crippen LogP contribution in [0.1, 0.15) is 11.4 Å².